The van der Waals surface area contributed by atoms with E-state index in [0.29, 0.717) is 0 Å². The lowest BCUT2D eigenvalue weighted by Gasteiger charge is -2.24. The van der Waals surface area contributed by atoms with E-state index < -0.39 is 0 Å². The molecule has 2 aliphatic rings. The first-order valence-electron chi connectivity index (χ1n) is 11.4. The molecule has 0 spiro atoms. The van der Waals surface area contributed by atoms with E-state index >= 15 is 0 Å². The van der Waals surface area contributed by atoms with E-state index in [4.69, 9.17) is 0 Å². The summed E-state index contributed by atoms with van der Waals surface area (Å²) in [5.41, 5.74) is 17.0. The van der Waals surface area contributed by atoms with Gasteiger partial charge in [0.2, 0.25) is 0 Å². The Kier molecular flexibility index (Phi) is 4.50. The van der Waals surface area contributed by atoms with Crippen LogP contribution in [0.1, 0.15) is 61.1 Å². The number of benzene rings is 3. The zero-order chi connectivity index (χ0) is 20.1. The first-order valence-corrected chi connectivity index (χ1v) is 11.4. The molecule has 0 amide bonds. The van der Waals surface area contributed by atoms with Crippen LogP contribution in [0.3, 0.4) is 0 Å². The largest absolute Gasteiger partial charge is 0.372 e. The fraction of sp³-hybridized carbons (Fsp3) is 0.357. The van der Waals surface area contributed by atoms with Gasteiger partial charge in [-0.2, -0.15) is 0 Å². The van der Waals surface area contributed by atoms with Gasteiger partial charge in [-0.15, -0.1) is 0 Å². The van der Waals surface area contributed by atoms with Crippen molar-refractivity contribution < 1.29 is 0 Å². The zero-order valence-corrected chi connectivity index (χ0v) is 18.2. The van der Waals surface area contributed by atoms with Crippen molar-refractivity contribution in [1.82, 2.24) is 0 Å². The van der Waals surface area contributed by atoms with Crippen molar-refractivity contribution >= 4 is 5.69 Å². The maximum atomic E-state index is 2.52. The number of fused-ring (bicyclic) bond motifs is 6. The van der Waals surface area contributed by atoms with Gasteiger partial charge in [0.1, 0.15) is 0 Å². The summed E-state index contributed by atoms with van der Waals surface area (Å²) < 4.78 is 0. The minimum Gasteiger partial charge on any atom is -0.372 e. The molecule has 0 aliphatic heterocycles. The van der Waals surface area contributed by atoms with Crippen molar-refractivity contribution in [2.24, 2.45) is 0 Å². The van der Waals surface area contributed by atoms with Crippen molar-refractivity contribution in [1.29, 1.82) is 0 Å². The van der Waals surface area contributed by atoms with Crippen LogP contribution >= 0.6 is 0 Å². The topological polar surface area (TPSA) is 3.24 Å². The van der Waals surface area contributed by atoms with E-state index in [9.17, 15) is 0 Å². The first kappa shape index (κ1) is 18.5. The molecule has 0 atom stereocenters. The van der Waals surface area contributed by atoms with Crippen molar-refractivity contribution in [3.8, 4) is 22.3 Å². The summed E-state index contributed by atoms with van der Waals surface area (Å²) in [6, 6.07) is 16.0. The highest BCUT2D eigenvalue weighted by atomic mass is 15.1. The van der Waals surface area contributed by atoms with Crippen molar-refractivity contribution in [2.45, 2.75) is 53.4 Å². The highest BCUT2D eigenvalue weighted by Gasteiger charge is 2.33. The summed E-state index contributed by atoms with van der Waals surface area (Å²) >= 11 is 0. The SMILES string of the molecule is CCc1c2c(c(CC)c3c1Cc1c-3cccc1N(CC)CC)-c1ccccc1C2. The summed E-state index contributed by atoms with van der Waals surface area (Å²) in [7, 11) is 0. The van der Waals surface area contributed by atoms with E-state index in [0.717, 1.165) is 38.8 Å². The Balaban J connectivity index is 1.82. The second kappa shape index (κ2) is 7.06. The molecule has 0 bridgehead atoms. The Hall–Kier alpha value is -2.54. The maximum Gasteiger partial charge on any atom is 0.0408 e. The Morgan fingerprint density at radius 3 is 2.03 bits per heavy atom. The predicted molar refractivity (Wildman–Crippen MR) is 125 cm³/mol. The molecule has 0 aromatic heterocycles. The predicted octanol–water partition coefficient (Wildman–Crippen LogP) is 6.80. The Labute approximate surface area is 175 Å². The molecule has 148 valence electrons. The lowest BCUT2D eigenvalue weighted by molar-refractivity contribution is 0.859. The molecule has 2 aliphatic carbocycles. The lowest BCUT2D eigenvalue weighted by Crippen LogP contribution is -2.23. The number of hydrogen-bond acceptors (Lipinski definition) is 1. The molecule has 29 heavy (non-hydrogen) atoms. The lowest BCUT2D eigenvalue weighted by atomic mass is 9.84. The number of hydrogen-bond donors (Lipinski definition) is 0. The van der Waals surface area contributed by atoms with Crippen LogP contribution in [0, 0.1) is 0 Å². The van der Waals surface area contributed by atoms with Crippen LogP contribution in [0.2, 0.25) is 0 Å². The summed E-state index contributed by atoms with van der Waals surface area (Å²) in [5, 5.41) is 0. The molecule has 5 rings (SSSR count). The number of rotatable bonds is 5. The summed E-state index contributed by atoms with van der Waals surface area (Å²) in [4.78, 5) is 2.52. The molecule has 0 saturated heterocycles. The Bertz CT molecular complexity index is 1100. The van der Waals surface area contributed by atoms with E-state index in [1.54, 1.807) is 38.9 Å². The van der Waals surface area contributed by atoms with Gasteiger partial charge in [0.05, 0.1) is 0 Å². The third-order valence-corrected chi connectivity index (χ3v) is 7.18. The van der Waals surface area contributed by atoms with Gasteiger partial charge in [-0.25, -0.2) is 0 Å². The van der Waals surface area contributed by atoms with E-state index in [1.807, 2.05) is 0 Å². The van der Waals surface area contributed by atoms with Gasteiger partial charge >= 0.3 is 0 Å². The van der Waals surface area contributed by atoms with Crippen molar-refractivity contribution in [2.75, 3.05) is 18.0 Å². The van der Waals surface area contributed by atoms with Crippen molar-refractivity contribution in [3.05, 3.63) is 75.8 Å². The maximum absolute atomic E-state index is 2.52. The van der Waals surface area contributed by atoms with Crippen LogP contribution in [-0.2, 0) is 25.7 Å². The molecule has 0 N–H and O–H groups in total. The molecule has 0 saturated carbocycles. The van der Waals surface area contributed by atoms with Gasteiger partial charge in [-0.3, -0.25) is 0 Å². The van der Waals surface area contributed by atoms with Crippen LogP contribution in [0.4, 0.5) is 5.69 Å². The minimum absolute atomic E-state index is 1.06. The third kappa shape index (κ3) is 2.53. The molecule has 3 aromatic rings. The molecular weight excluding hydrogens is 350 g/mol. The smallest absolute Gasteiger partial charge is 0.0408 e. The average Bonchev–Trinajstić information content (AvgIpc) is 3.32. The molecule has 0 fully saturated rings. The van der Waals surface area contributed by atoms with Gasteiger partial charge in [-0.1, -0.05) is 50.2 Å². The Morgan fingerprint density at radius 2 is 1.31 bits per heavy atom. The average molecular weight is 382 g/mol. The van der Waals surface area contributed by atoms with Gasteiger partial charge in [-0.05, 0) is 94.8 Å². The van der Waals surface area contributed by atoms with Gasteiger partial charge < -0.3 is 4.90 Å². The highest BCUT2D eigenvalue weighted by molar-refractivity contribution is 5.93. The molecule has 1 heteroatoms. The van der Waals surface area contributed by atoms with E-state index in [-0.39, 0.29) is 0 Å². The number of anilines is 1. The molecule has 0 radical (unpaired) electrons. The van der Waals surface area contributed by atoms with Crippen LogP contribution in [0.25, 0.3) is 22.3 Å². The third-order valence-electron chi connectivity index (χ3n) is 7.18. The van der Waals surface area contributed by atoms with Gasteiger partial charge in [0.15, 0.2) is 0 Å². The fourth-order valence-electron chi connectivity index (χ4n) is 5.93. The van der Waals surface area contributed by atoms with Crippen LogP contribution in [-0.4, -0.2) is 13.1 Å². The van der Waals surface area contributed by atoms with Crippen LogP contribution in [0.15, 0.2) is 42.5 Å². The summed E-state index contributed by atoms with van der Waals surface area (Å²) in [5.74, 6) is 0. The fourth-order valence-corrected chi connectivity index (χ4v) is 5.93. The molecule has 0 heterocycles. The first-order chi connectivity index (χ1) is 14.2. The molecular formula is C28H31N. The second-order valence-electron chi connectivity index (χ2n) is 8.36. The van der Waals surface area contributed by atoms with Crippen molar-refractivity contribution in [3.63, 3.8) is 0 Å². The highest BCUT2D eigenvalue weighted by Crippen LogP contribution is 2.52. The van der Waals surface area contributed by atoms with Crippen LogP contribution in [0.5, 0.6) is 0 Å². The van der Waals surface area contributed by atoms with Gasteiger partial charge in [0, 0.05) is 25.2 Å². The summed E-state index contributed by atoms with van der Waals surface area (Å²) in [6.07, 6.45) is 4.42. The minimum atomic E-state index is 1.06. The second-order valence-corrected chi connectivity index (χ2v) is 8.36. The monoisotopic (exact) mass is 381 g/mol. The van der Waals surface area contributed by atoms with E-state index in [2.05, 4.69) is 75.1 Å². The Morgan fingerprint density at radius 1 is 0.655 bits per heavy atom. The standard InChI is InChI=1S/C28H31N/c1-5-19-24-16-18-12-9-10-13-21(18)27(24)20(6-2)28-22-14-11-15-26(29(7-3)8-4)23(22)17-25(19)28/h9-15H,5-8,16-17H2,1-4H3. The van der Waals surface area contributed by atoms with E-state index in [1.165, 1.54) is 22.4 Å². The zero-order valence-electron chi connectivity index (χ0n) is 18.2. The molecule has 0 unspecified atom stereocenters. The number of nitrogens with zero attached hydrogens (tertiary/aromatic N) is 1. The van der Waals surface area contributed by atoms with Gasteiger partial charge in [0.25, 0.3) is 0 Å². The molecule has 1 nitrogen and oxygen atoms in total. The summed E-state index contributed by atoms with van der Waals surface area (Å²) in [6.45, 7) is 11.4. The van der Waals surface area contributed by atoms with Crippen LogP contribution < -0.4 is 4.90 Å². The molecule has 3 aromatic carbocycles. The quantitative estimate of drug-likeness (QED) is 0.323. The normalized spacial score (nSPS) is 13.1.